The lowest BCUT2D eigenvalue weighted by molar-refractivity contribution is -0.123. The van der Waals surface area contributed by atoms with E-state index in [1.54, 1.807) is 19.2 Å². The van der Waals surface area contributed by atoms with Crippen LogP contribution >= 0.6 is 0 Å². The number of carbonyl (C=O) groups excluding carboxylic acids is 1. The molecule has 0 aliphatic carbocycles. The van der Waals surface area contributed by atoms with E-state index >= 15 is 0 Å². The van der Waals surface area contributed by atoms with E-state index in [0.717, 1.165) is 22.4 Å². The Morgan fingerprint density at radius 3 is 2.57 bits per heavy atom. The highest BCUT2D eigenvalue weighted by Gasteiger charge is 2.08. The van der Waals surface area contributed by atoms with E-state index in [2.05, 4.69) is 5.32 Å². The molecule has 0 bridgehead atoms. The molecule has 5 heteroatoms. The van der Waals surface area contributed by atoms with Gasteiger partial charge in [0.15, 0.2) is 18.2 Å². The van der Waals surface area contributed by atoms with E-state index in [9.17, 15) is 9.18 Å². The average molecular weight is 317 g/mol. The summed E-state index contributed by atoms with van der Waals surface area (Å²) in [5.74, 6) is 0.0997. The van der Waals surface area contributed by atoms with Crippen molar-refractivity contribution < 1.29 is 18.7 Å². The molecule has 0 saturated heterocycles. The second kappa shape index (κ2) is 7.63. The highest BCUT2D eigenvalue weighted by Crippen LogP contribution is 2.22. The van der Waals surface area contributed by atoms with E-state index < -0.39 is 5.82 Å². The summed E-state index contributed by atoms with van der Waals surface area (Å²) >= 11 is 0. The van der Waals surface area contributed by atoms with Crippen LogP contribution in [-0.4, -0.2) is 19.6 Å². The van der Waals surface area contributed by atoms with Crippen LogP contribution in [0.2, 0.25) is 0 Å². The van der Waals surface area contributed by atoms with Gasteiger partial charge in [-0.15, -0.1) is 0 Å². The van der Waals surface area contributed by atoms with Crippen molar-refractivity contribution in [3.63, 3.8) is 0 Å². The van der Waals surface area contributed by atoms with Crippen molar-refractivity contribution in [1.29, 1.82) is 0 Å². The number of methoxy groups -OCH3 is 1. The third-order valence-corrected chi connectivity index (χ3v) is 3.52. The van der Waals surface area contributed by atoms with Gasteiger partial charge < -0.3 is 14.8 Å². The summed E-state index contributed by atoms with van der Waals surface area (Å²) in [6, 6.07) is 9.91. The van der Waals surface area contributed by atoms with E-state index in [-0.39, 0.29) is 18.3 Å². The van der Waals surface area contributed by atoms with E-state index in [0.29, 0.717) is 6.54 Å². The topological polar surface area (TPSA) is 47.6 Å². The number of nitrogens with one attached hydrogen (secondary N) is 1. The van der Waals surface area contributed by atoms with Gasteiger partial charge in [-0.25, -0.2) is 4.39 Å². The molecule has 2 rings (SSSR count). The molecule has 2 aromatic carbocycles. The first-order valence-electron chi connectivity index (χ1n) is 7.29. The Bertz CT molecular complexity index is 701. The number of hydrogen-bond donors (Lipinski definition) is 1. The van der Waals surface area contributed by atoms with Crippen LogP contribution in [0.1, 0.15) is 16.7 Å². The van der Waals surface area contributed by atoms with Crippen molar-refractivity contribution in [3.8, 4) is 11.5 Å². The summed E-state index contributed by atoms with van der Waals surface area (Å²) in [4.78, 5) is 11.8. The molecule has 0 aromatic heterocycles. The molecule has 0 saturated carbocycles. The maximum absolute atomic E-state index is 13.4. The van der Waals surface area contributed by atoms with Crippen LogP contribution in [0, 0.1) is 19.7 Å². The van der Waals surface area contributed by atoms with Crippen molar-refractivity contribution in [2.45, 2.75) is 20.4 Å². The minimum Gasteiger partial charge on any atom is -0.496 e. The van der Waals surface area contributed by atoms with Gasteiger partial charge in [-0.2, -0.15) is 0 Å². The van der Waals surface area contributed by atoms with E-state index in [1.165, 1.54) is 12.1 Å². The summed E-state index contributed by atoms with van der Waals surface area (Å²) in [6.07, 6.45) is 0. The zero-order chi connectivity index (χ0) is 16.8. The highest BCUT2D eigenvalue weighted by atomic mass is 19.1. The number of benzene rings is 2. The SMILES string of the molecule is COc1cc(C)c(CNC(=O)COc2ccccc2F)cc1C. The second-order valence-electron chi connectivity index (χ2n) is 5.24. The summed E-state index contributed by atoms with van der Waals surface area (Å²) in [5, 5.41) is 2.77. The van der Waals surface area contributed by atoms with Crippen molar-refractivity contribution in [3.05, 3.63) is 58.9 Å². The van der Waals surface area contributed by atoms with Crippen molar-refractivity contribution in [2.75, 3.05) is 13.7 Å². The van der Waals surface area contributed by atoms with Crippen molar-refractivity contribution >= 4 is 5.91 Å². The van der Waals surface area contributed by atoms with Crippen molar-refractivity contribution in [2.24, 2.45) is 0 Å². The summed E-state index contributed by atoms with van der Waals surface area (Å²) < 4.78 is 23.8. The fourth-order valence-electron chi connectivity index (χ4n) is 2.21. The smallest absolute Gasteiger partial charge is 0.258 e. The molecular weight excluding hydrogens is 297 g/mol. The monoisotopic (exact) mass is 317 g/mol. The number of halogens is 1. The van der Waals surface area contributed by atoms with Gasteiger partial charge in [0, 0.05) is 6.54 Å². The van der Waals surface area contributed by atoms with Crippen LogP contribution in [-0.2, 0) is 11.3 Å². The van der Waals surface area contributed by atoms with Crippen molar-refractivity contribution in [1.82, 2.24) is 5.32 Å². The van der Waals surface area contributed by atoms with Crippen LogP contribution in [0.3, 0.4) is 0 Å². The lowest BCUT2D eigenvalue weighted by Crippen LogP contribution is -2.28. The van der Waals surface area contributed by atoms with Gasteiger partial charge in [-0.1, -0.05) is 18.2 Å². The van der Waals surface area contributed by atoms with Gasteiger partial charge in [0.05, 0.1) is 7.11 Å². The molecule has 0 fully saturated rings. The normalized spacial score (nSPS) is 10.3. The molecule has 0 aliphatic rings. The molecule has 2 aromatic rings. The van der Waals surface area contributed by atoms with Crippen LogP contribution in [0.5, 0.6) is 11.5 Å². The van der Waals surface area contributed by atoms with Gasteiger partial charge in [-0.3, -0.25) is 4.79 Å². The quantitative estimate of drug-likeness (QED) is 0.890. The first kappa shape index (κ1) is 16.8. The number of amides is 1. The van der Waals surface area contributed by atoms with Crippen LogP contribution in [0.4, 0.5) is 4.39 Å². The minimum absolute atomic E-state index is 0.0686. The number of aryl methyl sites for hydroxylation is 2. The van der Waals surface area contributed by atoms with Gasteiger partial charge >= 0.3 is 0 Å². The molecule has 0 unspecified atom stereocenters. The predicted molar refractivity (Wildman–Crippen MR) is 86.2 cm³/mol. The molecular formula is C18H20FNO3. The first-order valence-corrected chi connectivity index (χ1v) is 7.29. The number of carbonyl (C=O) groups is 1. The molecule has 0 radical (unpaired) electrons. The molecule has 1 N–H and O–H groups in total. The summed E-state index contributed by atoms with van der Waals surface area (Å²) in [5.41, 5.74) is 3.04. The average Bonchev–Trinajstić information content (AvgIpc) is 2.54. The molecule has 0 spiro atoms. The molecule has 122 valence electrons. The molecule has 1 amide bonds. The third-order valence-electron chi connectivity index (χ3n) is 3.52. The zero-order valence-corrected chi connectivity index (χ0v) is 13.5. The fourth-order valence-corrected chi connectivity index (χ4v) is 2.21. The number of hydrogen-bond acceptors (Lipinski definition) is 3. The standard InChI is InChI=1S/C18H20FNO3/c1-12-9-17(22-3)13(2)8-14(12)10-20-18(21)11-23-16-7-5-4-6-15(16)19/h4-9H,10-11H2,1-3H3,(H,20,21). The Morgan fingerprint density at radius 2 is 1.87 bits per heavy atom. The molecule has 0 heterocycles. The third kappa shape index (κ3) is 4.45. The Balaban J connectivity index is 1.90. The predicted octanol–water partition coefficient (Wildman–Crippen LogP) is 3.15. The Hall–Kier alpha value is -2.56. The van der Waals surface area contributed by atoms with Crippen LogP contribution in [0.25, 0.3) is 0 Å². The van der Waals surface area contributed by atoms with Gasteiger partial charge in [-0.05, 0) is 48.7 Å². The Kier molecular flexibility index (Phi) is 5.57. The van der Waals surface area contributed by atoms with Crippen LogP contribution in [0.15, 0.2) is 36.4 Å². The molecule has 0 aliphatic heterocycles. The summed E-state index contributed by atoms with van der Waals surface area (Å²) in [6.45, 7) is 4.06. The Labute approximate surface area is 135 Å². The van der Waals surface area contributed by atoms with Gasteiger partial charge in [0.2, 0.25) is 0 Å². The molecule has 0 atom stereocenters. The molecule has 23 heavy (non-hydrogen) atoms. The minimum atomic E-state index is -0.484. The lowest BCUT2D eigenvalue weighted by Gasteiger charge is -2.12. The maximum Gasteiger partial charge on any atom is 0.258 e. The first-order chi connectivity index (χ1) is 11.0. The maximum atomic E-state index is 13.4. The highest BCUT2D eigenvalue weighted by molar-refractivity contribution is 5.77. The second-order valence-corrected chi connectivity index (χ2v) is 5.24. The number of rotatable bonds is 6. The van der Waals surface area contributed by atoms with Crippen LogP contribution < -0.4 is 14.8 Å². The number of ether oxygens (including phenoxy) is 2. The molecule has 4 nitrogen and oxygen atoms in total. The van der Waals surface area contributed by atoms with E-state index in [1.807, 2.05) is 26.0 Å². The lowest BCUT2D eigenvalue weighted by atomic mass is 10.0. The Morgan fingerprint density at radius 1 is 1.13 bits per heavy atom. The van der Waals surface area contributed by atoms with Gasteiger partial charge in [0.25, 0.3) is 5.91 Å². The van der Waals surface area contributed by atoms with E-state index in [4.69, 9.17) is 9.47 Å². The zero-order valence-electron chi connectivity index (χ0n) is 13.5. The largest absolute Gasteiger partial charge is 0.496 e. The fraction of sp³-hybridized carbons (Fsp3) is 0.278. The van der Waals surface area contributed by atoms with Gasteiger partial charge in [0.1, 0.15) is 5.75 Å². The summed E-state index contributed by atoms with van der Waals surface area (Å²) in [7, 11) is 1.63. The number of para-hydroxylation sites is 1.